The second kappa shape index (κ2) is 6.37. The summed E-state index contributed by atoms with van der Waals surface area (Å²) in [4.78, 5) is 2.08. The molecule has 2 aromatic rings. The maximum atomic E-state index is 13.4. The molecule has 0 radical (unpaired) electrons. The van der Waals surface area contributed by atoms with Gasteiger partial charge in [-0.05, 0) is 41.8 Å². The lowest BCUT2D eigenvalue weighted by atomic mass is 9.98. The molecule has 4 rings (SSSR count). The second-order valence-electron chi connectivity index (χ2n) is 5.96. The highest BCUT2D eigenvalue weighted by atomic mass is 31.2. The Labute approximate surface area is 146 Å². The fraction of sp³-hybridized carbons (Fsp3) is 0.333. The van der Waals surface area contributed by atoms with Gasteiger partial charge in [0.15, 0.2) is 17.3 Å². The smallest absolute Gasteiger partial charge is 0.356 e. The Balaban J connectivity index is 1.87. The Kier molecular flexibility index (Phi) is 4.20. The average molecular weight is 361 g/mol. The molecule has 0 bridgehead atoms. The first-order valence-corrected chi connectivity index (χ1v) is 9.73. The van der Waals surface area contributed by atoms with Crippen LogP contribution in [0.3, 0.4) is 0 Å². The molecule has 2 aliphatic heterocycles. The fourth-order valence-electron chi connectivity index (χ4n) is 3.49. The first-order valence-electron chi connectivity index (χ1n) is 8.11. The third-order valence-electron chi connectivity index (χ3n) is 4.73. The van der Waals surface area contributed by atoms with Crippen molar-refractivity contribution in [1.82, 2.24) is 0 Å². The number of benzene rings is 2. The standard InChI is InChI=1S/C18H20NO5P/c1-21-25(20,22-2)18-15-11-17-16(23-12-24-17)10-13(15)8-9-19(18)14-6-4-3-5-7-14/h3-7,10-11,18H,8-9,12H2,1-2H3. The van der Waals surface area contributed by atoms with Crippen molar-refractivity contribution in [1.29, 1.82) is 0 Å². The molecule has 6 nitrogen and oxygen atoms in total. The van der Waals surface area contributed by atoms with Gasteiger partial charge in [-0.25, -0.2) is 0 Å². The lowest BCUT2D eigenvalue weighted by molar-refractivity contribution is 0.174. The quantitative estimate of drug-likeness (QED) is 0.769. The molecule has 0 N–H and O–H groups in total. The summed E-state index contributed by atoms with van der Waals surface area (Å²) >= 11 is 0. The zero-order valence-corrected chi connectivity index (χ0v) is 15.1. The van der Waals surface area contributed by atoms with Crippen molar-refractivity contribution in [2.45, 2.75) is 12.2 Å². The molecule has 25 heavy (non-hydrogen) atoms. The van der Waals surface area contributed by atoms with Gasteiger partial charge in [0.05, 0.1) is 0 Å². The second-order valence-corrected chi connectivity index (χ2v) is 8.26. The van der Waals surface area contributed by atoms with Crippen LogP contribution in [0.2, 0.25) is 0 Å². The van der Waals surface area contributed by atoms with Crippen LogP contribution in [0.4, 0.5) is 5.69 Å². The first kappa shape index (κ1) is 16.5. The summed E-state index contributed by atoms with van der Waals surface area (Å²) in [7, 11) is -0.555. The highest BCUT2D eigenvalue weighted by Gasteiger charge is 2.44. The van der Waals surface area contributed by atoms with Crippen LogP contribution in [-0.2, 0) is 20.0 Å². The molecule has 0 aliphatic carbocycles. The van der Waals surface area contributed by atoms with E-state index < -0.39 is 13.4 Å². The molecule has 7 heteroatoms. The molecule has 1 atom stereocenters. The third kappa shape index (κ3) is 2.71. The molecule has 2 aliphatic rings. The number of nitrogens with zero attached hydrogens (tertiary/aromatic N) is 1. The minimum atomic E-state index is -3.41. The van der Waals surface area contributed by atoms with Crippen molar-refractivity contribution in [3.05, 3.63) is 53.6 Å². The van der Waals surface area contributed by atoms with Gasteiger partial charge < -0.3 is 23.4 Å². The highest BCUT2D eigenvalue weighted by Crippen LogP contribution is 2.64. The van der Waals surface area contributed by atoms with Crippen LogP contribution in [0.15, 0.2) is 42.5 Å². The van der Waals surface area contributed by atoms with E-state index in [0.29, 0.717) is 12.3 Å². The van der Waals surface area contributed by atoms with Crippen LogP contribution in [-0.4, -0.2) is 27.6 Å². The summed E-state index contributed by atoms with van der Waals surface area (Å²) < 4.78 is 35.1. The number of ether oxygens (including phenoxy) is 2. The fourth-order valence-corrected chi connectivity index (χ4v) is 5.21. The van der Waals surface area contributed by atoms with Crippen molar-refractivity contribution in [2.75, 3.05) is 32.5 Å². The predicted molar refractivity (Wildman–Crippen MR) is 94.4 cm³/mol. The Bertz CT molecular complexity index is 818. The minimum absolute atomic E-state index is 0.206. The summed E-state index contributed by atoms with van der Waals surface area (Å²) in [6.45, 7) is 0.912. The van der Waals surface area contributed by atoms with E-state index in [9.17, 15) is 4.57 Å². The number of rotatable bonds is 4. The summed E-state index contributed by atoms with van der Waals surface area (Å²) in [5, 5.41) is 0. The largest absolute Gasteiger partial charge is 0.454 e. The molecule has 132 valence electrons. The van der Waals surface area contributed by atoms with Crippen LogP contribution >= 0.6 is 7.60 Å². The van der Waals surface area contributed by atoms with Gasteiger partial charge in [0.1, 0.15) is 0 Å². The van der Waals surface area contributed by atoms with Gasteiger partial charge in [-0.1, -0.05) is 18.2 Å². The molecule has 0 spiro atoms. The van der Waals surface area contributed by atoms with Crippen molar-refractivity contribution >= 4 is 13.3 Å². The molecular weight excluding hydrogens is 341 g/mol. The molecule has 0 aromatic heterocycles. The summed E-state index contributed by atoms with van der Waals surface area (Å²) in [5.41, 5.74) is 2.95. The lowest BCUT2D eigenvalue weighted by Gasteiger charge is -2.41. The van der Waals surface area contributed by atoms with Crippen LogP contribution < -0.4 is 14.4 Å². The Hall–Kier alpha value is -2.01. The molecule has 2 aromatic carbocycles. The van der Waals surface area contributed by atoms with E-state index in [0.717, 1.165) is 29.0 Å². The first-order chi connectivity index (χ1) is 12.2. The van der Waals surface area contributed by atoms with E-state index in [2.05, 4.69) is 4.90 Å². The summed E-state index contributed by atoms with van der Waals surface area (Å²) in [5.74, 6) is 0.857. The van der Waals surface area contributed by atoms with E-state index in [4.69, 9.17) is 18.5 Å². The van der Waals surface area contributed by atoms with Gasteiger partial charge in [0, 0.05) is 26.5 Å². The predicted octanol–water partition coefficient (Wildman–Crippen LogP) is 3.96. The van der Waals surface area contributed by atoms with Gasteiger partial charge in [0.25, 0.3) is 0 Å². The van der Waals surface area contributed by atoms with Crippen molar-refractivity contribution < 1.29 is 23.1 Å². The van der Waals surface area contributed by atoms with E-state index in [1.807, 2.05) is 42.5 Å². The molecule has 0 amide bonds. The zero-order chi connectivity index (χ0) is 17.4. The molecule has 2 heterocycles. The minimum Gasteiger partial charge on any atom is -0.454 e. The Morgan fingerprint density at radius 2 is 1.76 bits per heavy atom. The van der Waals surface area contributed by atoms with Gasteiger partial charge in [-0.2, -0.15) is 0 Å². The average Bonchev–Trinajstić information content (AvgIpc) is 3.12. The number of fused-ring (bicyclic) bond motifs is 2. The number of anilines is 1. The topological polar surface area (TPSA) is 57.2 Å². The lowest BCUT2D eigenvalue weighted by Crippen LogP contribution is -2.36. The maximum absolute atomic E-state index is 13.4. The molecule has 0 saturated heterocycles. The number of hydrogen-bond acceptors (Lipinski definition) is 6. The maximum Gasteiger partial charge on any atom is 0.356 e. The normalized spacial score (nSPS) is 19.0. The van der Waals surface area contributed by atoms with E-state index >= 15 is 0 Å². The van der Waals surface area contributed by atoms with Crippen molar-refractivity contribution in [3.8, 4) is 11.5 Å². The highest BCUT2D eigenvalue weighted by molar-refractivity contribution is 7.54. The van der Waals surface area contributed by atoms with Crippen LogP contribution in [0.1, 0.15) is 16.9 Å². The molecular formula is C18H20NO5P. The SMILES string of the molecule is COP(=O)(OC)C1c2cc3c(cc2CCN1c1ccccc1)OCO3. The van der Waals surface area contributed by atoms with Gasteiger partial charge in [0.2, 0.25) is 6.79 Å². The Morgan fingerprint density at radius 3 is 2.44 bits per heavy atom. The van der Waals surface area contributed by atoms with Crippen molar-refractivity contribution in [3.63, 3.8) is 0 Å². The summed E-state index contributed by atoms with van der Waals surface area (Å²) in [6.07, 6.45) is 0.810. The number of para-hydroxylation sites is 1. The van der Waals surface area contributed by atoms with Crippen LogP contribution in [0.25, 0.3) is 0 Å². The van der Waals surface area contributed by atoms with E-state index in [1.165, 1.54) is 14.2 Å². The monoisotopic (exact) mass is 361 g/mol. The summed E-state index contributed by atoms with van der Waals surface area (Å²) in [6, 6.07) is 13.8. The van der Waals surface area contributed by atoms with Crippen LogP contribution in [0.5, 0.6) is 11.5 Å². The van der Waals surface area contributed by atoms with Gasteiger partial charge in [-0.15, -0.1) is 0 Å². The van der Waals surface area contributed by atoms with E-state index in [1.54, 1.807) is 0 Å². The molecule has 0 saturated carbocycles. The Morgan fingerprint density at radius 1 is 1.08 bits per heavy atom. The third-order valence-corrected chi connectivity index (χ3v) is 6.90. The molecule has 1 unspecified atom stereocenters. The molecule has 0 fully saturated rings. The van der Waals surface area contributed by atoms with Crippen LogP contribution in [0, 0.1) is 0 Å². The van der Waals surface area contributed by atoms with Crippen molar-refractivity contribution in [2.24, 2.45) is 0 Å². The van der Waals surface area contributed by atoms with Gasteiger partial charge >= 0.3 is 7.60 Å². The van der Waals surface area contributed by atoms with Gasteiger partial charge in [-0.3, -0.25) is 4.57 Å². The van der Waals surface area contributed by atoms with E-state index in [-0.39, 0.29) is 6.79 Å². The zero-order valence-electron chi connectivity index (χ0n) is 14.2. The number of hydrogen-bond donors (Lipinski definition) is 0.